The molecule has 10 heteroatoms. The summed E-state index contributed by atoms with van der Waals surface area (Å²) in [5, 5.41) is 14.1. The minimum absolute atomic E-state index is 0.0380. The van der Waals surface area contributed by atoms with Gasteiger partial charge in [-0.15, -0.1) is 0 Å². The van der Waals surface area contributed by atoms with Gasteiger partial charge in [-0.1, -0.05) is 15.9 Å². The summed E-state index contributed by atoms with van der Waals surface area (Å²) >= 11 is 3.28. The van der Waals surface area contributed by atoms with Crippen molar-refractivity contribution in [1.82, 2.24) is 0 Å². The molecule has 3 rings (SSSR count). The second kappa shape index (κ2) is 9.48. The first-order valence-corrected chi connectivity index (χ1v) is 11.0. The molecule has 0 aromatic heterocycles. The van der Waals surface area contributed by atoms with Crippen molar-refractivity contribution in [3.63, 3.8) is 0 Å². The van der Waals surface area contributed by atoms with Gasteiger partial charge in [-0.05, 0) is 57.2 Å². The van der Waals surface area contributed by atoms with E-state index in [1.54, 1.807) is 26.8 Å². The molecule has 0 radical (unpaired) electrons. The Labute approximate surface area is 198 Å². The fraction of sp³-hybridized carbons (Fsp3) is 0.348. The molecule has 0 saturated heterocycles. The number of esters is 2. The molecule has 1 aliphatic rings. The number of aliphatic hydroxyl groups excluding tert-OH is 1. The van der Waals surface area contributed by atoms with Crippen molar-refractivity contribution in [1.29, 1.82) is 0 Å². The zero-order chi connectivity index (χ0) is 24.5. The third-order valence-corrected chi connectivity index (χ3v) is 5.85. The topological polar surface area (TPSA) is 105 Å². The number of nitrogens with zero attached hydrogens (tertiary/aromatic N) is 1. The number of fused-ring (bicyclic) bond motifs is 1. The average molecular weight is 523 g/mol. The summed E-state index contributed by atoms with van der Waals surface area (Å²) < 4.78 is 24.8. The van der Waals surface area contributed by atoms with Gasteiger partial charge in [0.15, 0.2) is 11.6 Å². The minimum atomic E-state index is -2.16. The lowest BCUT2D eigenvalue weighted by molar-refractivity contribution is -0.159. The fourth-order valence-corrected chi connectivity index (χ4v) is 4.29. The van der Waals surface area contributed by atoms with Gasteiger partial charge < -0.3 is 24.8 Å². The minimum Gasteiger partial charge on any atom is -0.465 e. The highest BCUT2D eigenvalue weighted by atomic mass is 79.9. The van der Waals surface area contributed by atoms with Crippen molar-refractivity contribution in [3.8, 4) is 0 Å². The summed E-state index contributed by atoms with van der Waals surface area (Å²) in [6.07, 6.45) is -2.05. The lowest BCUT2D eigenvalue weighted by Crippen LogP contribution is -2.58. The monoisotopic (exact) mass is 522 g/mol. The molecule has 8 nitrogen and oxygen atoms in total. The van der Waals surface area contributed by atoms with E-state index in [-0.39, 0.29) is 29.5 Å². The number of carbonyl (C=O) groups excluding carboxylic acids is 3. The van der Waals surface area contributed by atoms with Crippen molar-refractivity contribution in [2.24, 2.45) is 0 Å². The molecule has 0 unspecified atom stereocenters. The molecule has 1 aliphatic heterocycles. The largest absolute Gasteiger partial charge is 0.465 e. The maximum Gasteiger partial charge on any atom is 0.340 e. The highest BCUT2D eigenvalue weighted by Crippen LogP contribution is 2.46. The van der Waals surface area contributed by atoms with E-state index >= 15 is 0 Å². The van der Waals surface area contributed by atoms with Gasteiger partial charge in [0.25, 0.3) is 5.91 Å². The van der Waals surface area contributed by atoms with Crippen molar-refractivity contribution < 1.29 is 33.4 Å². The number of carbonyl (C=O) groups is 3. The molecule has 0 spiro atoms. The summed E-state index contributed by atoms with van der Waals surface area (Å²) in [7, 11) is 1.20. The van der Waals surface area contributed by atoms with E-state index < -0.39 is 35.3 Å². The molecule has 2 atom stereocenters. The molecule has 1 heterocycles. The number of ether oxygens (including phenoxy) is 2. The number of aliphatic hydroxyl groups is 1. The van der Waals surface area contributed by atoms with Crippen molar-refractivity contribution in [2.75, 3.05) is 23.9 Å². The van der Waals surface area contributed by atoms with Crippen molar-refractivity contribution in [3.05, 3.63) is 57.8 Å². The third kappa shape index (κ3) is 4.20. The molecule has 176 valence electrons. The van der Waals surface area contributed by atoms with Crippen LogP contribution in [0.2, 0.25) is 0 Å². The van der Waals surface area contributed by atoms with E-state index in [0.29, 0.717) is 10.2 Å². The van der Waals surface area contributed by atoms with Crippen LogP contribution >= 0.6 is 15.9 Å². The maximum absolute atomic E-state index is 14.4. The Kier molecular flexibility index (Phi) is 7.08. The van der Waals surface area contributed by atoms with Gasteiger partial charge in [0.2, 0.25) is 0 Å². The first kappa shape index (κ1) is 24.7. The zero-order valence-electron chi connectivity index (χ0n) is 18.5. The predicted molar refractivity (Wildman–Crippen MR) is 122 cm³/mol. The molecule has 33 heavy (non-hydrogen) atoms. The van der Waals surface area contributed by atoms with Crippen LogP contribution in [0, 0.1) is 5.82 Å². The first-order chi connectivity index (χ1) is 15.6. The van der Waals surface area contributed by atoms with Crippen LogP contribution < -0.4 is 10.2 Å². The van der Waals surface area contributed by atoms with Crippen LogP contribution in [0.25, 0.3) is 0 Å². The molecule has 2 N–H and O–H groups in total. The summed E-state index contributed by atoms with van der Waals surface area (Å²) in [6.45, 7) is 5.00. The summed E-state index contributed by atoms with van der Waals surface area (Å²) in [4.78, 5) is 40.3. The molecule has 2 aromatic rings. The number of hydrogen-bond acceptors (Lipinski definition) is 7. The van der Waals surface area contributed by atoms with Gasteiger partial charge in [-0.3, -0.25) is 4.79 Å². The van der Waals surface area contributed by atoms with Gasteiger partial charge in [0, 0.05) is 21.8 Å². The number of methoxy groups -OCH3 is 1. The molecule has 2 aromatic carbocycles. The smallest absolute Gasteiger partial charge is 0.340 e. The van der Waals surface area contributed by atoms with E-state index in [2.05, 4.69) is 21.2 Å². The maximum atomic E-state index is 14.4. The fourth-order valence-electron chi connectivity index (χ4n) is 3.93. The van der Waals surface area contributed by atoms with Crippen LogP contribution in [-0.4, -0.2) is 48.8 Å². The third-order valence-electron chi connectivity index (χ3n) is 5.35. The van der Waals surface area contributed by atoms with Crippen molar-refractivity contribution in [2.45, 2.75) is 38.5 Å². The molecule has 0 aliphatic carbocycles. The predicted octanol–water partition coefficient (Wildman–Crippen LogP) is 3.36. The zero-order valence-corrected chi connectivity index (χ0v) is 20.1. The SMILES string of the molecule is CCOC(=O)[C@@H](O)[C@]1(Nc2ccc(Br)cc2C(=O)OC)C(=O)N(C(C)C)c2ccc(F)cc21. The molecule has 0 fully saturated rings. The van der Waals surface area contributed by atoms with E-state index in [4.69, 9.17) is 9.47 Å². The second-order valence-electron chi connectivity index (χ2n) is 7.70. The molecule has 0 bridgehead atoms. The van der Waals surface area contributed by atoms with Crippen LogP contribution in [0.5, 0.6) is 0 Å². The van der Waals surface area contributed by atoms with Crippen molar-refractivity contribution >= 4 is 45.2 Å². The lowest BCUT2D eigenvalue weighted by Gasteiger charge is -2.35. The Morgan fingerprint density at radius 3 is 2.55 bits per heavy atom. The highest BCUT2D eigenvalue weighted by molar-refractivity contribution is 9.10. The van der Waals surface area contributed by atoms with Crippen LogP contribution in [0.15, 0.2) is 40.9 Å². The van der Waals surface area contributed by atoms with Gasteiger partial charge in [-0.25, -0.2) is 14.0 Å². The van der Waals surface area contributed by atoms with E-state index in [1.807, 2.05) is 0 Å². The number of nitrogens with one attached hydrogen (secondary N) is 1. The number of anilines is 2. The van der Waals surface area contributed by atoms with E-state index in [0.717, 1.165) is 6.07 Å². The Bertz CT molecular complexity index is 1110. The summed E-state index contributed by atoms with van der Waals surface area (Å²) in [5.74, 6) is -3.16. The number of halogens is 2. The van der Waals surface area contributed by atoms with Gasteiger partial charge in [-0.2, -0.15) is 0 Å². The Balaban J connectivity index is 2.31. The quantitative estimate of drug-likeness (QED) is 0.537. The number of hydrogen-bond donors (Lipinski definition) is 2. The number of benzene rings is 2. The highest BCUT2D eigenvalue weighted by Gasteiger charge is 2.59. The average Bonchev–Trinajstić information content (AvgIpc) is 3.02. The molecular weight excluding hydrogens is 499 g/mol. The first-order valence-electron chi connectivity index (χ1n) is 10.2. The summed E-state index contributed by atoms with van der Waals surface area (Å²) in [6, 6.07) is 7.85. The summed E-state index contributed by atoms with van der Waals surface area (Å²) in [5.41, 5.74) is -1.66. The van der Waals surface area contributed by atoms with Gasteiger partial charge in [0.1, 0.15) is 5.82 Å². The van der Waals surface area contributed by atoms with Crippen LogP contribution in [0.4, 0.5) is 15.8 Å². The Morgan fingerprint density at radius 2 is 1.94 bits per heavy atom. The number of rotatable bonds is 7. The standard InChI is InChI=1S/C23H24BrFN2O6/c1-5-33-21(30)19(28)23(26-17-8-6-13(24)10-15(17)20(29)32-4)16-11-14(25)7-9-18(16)27(12(2)3)22(23)31/h6-12,19,26,28H,5H2,1-4H3/t19-,23+/m1/s1. The van der Waals surface area contributed by atoms with E-state index in [9.17, 15) is 23.9 Å². The van der Waals surface area contributed by atoms with Crippen LogP contribution in [-0.2, 0) is 24.6 Å². The molecular formula is C23H24BrFN2O6. The van der Waals surface area contributed by atoms with Gasteiger partial charge in [0.05, 0.1) is 25.0 Å². The van der Waals surface area contributed by atoms with Gasteiger partial charge >= 0.3 is 11.9 Å². The second-order valence-corrected chi connectivity index (χ2v) is 8.62. The van der Waals surface area contributed by atoms with Crippen LogP contribution in [0.1, 0.15) is 36.7 Å². The normalized spacial score (nSPS) is 18.2. The molecule has 1 amide bonds. The van der Waals surface area contributed by atoms with Crippen LogP contribution in [0.3, 0.4) is 0 Å². The number of amides is 1. The Morgan fingerprint density at radius 1 is 1.24 bits per heavy atom. The molecule has 0 saturated carbocycles. The van der Waals surface area contributed by atoms with E-state index in [1.165, 1.54) is 36.3 Å². The Hall–Kier alpha value is -2.98. The lowest BCUT2D eigenvalue weighted by atomic mass is 9.84.